The van der Waals surface area contributed by atoms with Gasteiger partial charge in [0.15, 0.2) is 0 Å². The van der Waals surface area contributed by atoms with Crippen LogP contribution in [-0.2, 0) is 5.41 Å². The molecule has 0 spiro atoms. The number of nitrogens with two attached hydrogens (primary N) is 1. The van der Waals surface area contributed by atoms with Gasteiger partial charge in [0.1, 0.15) is 11.5 Å². The normalized spacial score (nSPS) is 11.8. The Morgan fingerprint density at radius 1 is 1.17 bits per heavy atom. The lowest BCUT2D eigenvalue weighted by Crippen LogP contribution is -2.12. The average Bonchev–Trinajstić information content (AvgIpc) is 2.60. The molecule has 2 rings (SSSR count). The highest BCUT2D eigenvalue weighted by atomic mass is 35.5. The van der Waals surface area contributed by atoms with E-state index in [-0.39, 0.29) is 5.41 Å². The van der Waals surface area contributed by atoms with Gasteiger partial charge in [0.2, 0.25) is 0 Å². The summed E-state index contributed by atoms with van der Waals surface area (Å²) in [6, 6.07) is 7.17. The molecule has 18 heavy (non-hydrogen) atoms. The second kappa shape index (κ2) is 4.48. The van der Waals surface area contributed by atoms with Crippen molar-refractivity contribution in [1.29, 1.82) is 0 Å². The zero-order valence-electron chi connectivity index (χ0n) is 10.5. The summed E-state index contributed by atoms with van der Waals surface area (Å²) in [5.74, 6) is 0.523. The molecule has 0 radical (unpaired) electrons. The Balaban J connectivity index is 2.62. The Bertz CT molecular complexity index is 562. The van der Waals surface area contributed by atoms with Gasteiger partial charge in [-0.2, -0.15) is 5.10 Å². The summed E-state index contributed by atoms with van der Waals surface area (Å²) in [5.41, 5.74) is 7.43. The number of nitrogens with zero attached hydrogens (tertiary/aromatic N) is 2. The van der Waals surface area contributed by atoms with E-state index in [1.165, 1.54) is 0 Å². The Labute approximate surface area is 117 Å². The number of hydrogen-bond acceptors (Lipinski definition) is 2. The smallest absolute Gasteiger partial charge is 0.127 e. The van der Waals surface area contributed by atoms with Crippen molar-refractivity contribution in [3.05, 3.63) is 40.0 Å². The first-order valence-corrected chi connectivity index (χ1v) is 6.36. The third-order valence-corrected chi connectivity index (χ3v) is 3.26. The highest BCUT2D eigenvalue weighted by molar-refractivity contribution is 6.37. The molecule has 2 N–H and O–H groups in total. The monoisotopic (exact) mass is 283 g/mol. The Hall–Kier alpha value is -1.19. The van der Waals surface area contributed by atoms with Crippen molar-refractivity contribution in [2.75, 3.05) is 5.73 Å². The zero-order chi connectivity index (χ0) is 13.5. The fraction of sp³-hybridized carbons (Fsp3) is 0.308. The summed E-state index contributed by atoms with van der Waals surface area (Å²) in [6.45, 7) is 6.23. The molecule has 96 valence electrons. The van der Waals surface area contributed by atoms with Crippen LogP contribution in [0.4, 0.5) is 5.82 Å². The van der Waals surface area contributed by atoms with E-state index in [1.807, 2.05) is 6.07 Å². The van der Waals surface area contributed by atoms with E-state index in [2.05, 4.69) is 25.9 Å². The minimum Gasteiger partial charge on any atom is -0.384 e. The summed E-state index contributed by atoms with van der Waals surface area (Å²) in [4.78, 5) is 0. The fourth-order valence-corrected chi connectivity index (χ4v) is 2.19. The minimum atomic E-state index is -0.0763. The van der Waals surface area contributed by atoms with E-state index >= 15 is 0 Å². The lowest BCUT2D eigenvalue weighted by molar-refractivity contribution is 0.560. The number of anilines is 1. The van der Waals surface area contributed by atoms with Crippen LogP contribution in [0.1, 0.15) is 26.5 Å². The maximum absolute atomic E-state index is 6.16. The molecule has 1 aromatic carbocycles. The maximum atomic E-state index is 6.16. The number of nitrogen functional groups attached to an aromatic ring is 1. The summed E-state index contributed by atoms with van der Waals surface area (Å²) in [6.07, 6.45) is 0. The summed E-state index contributed by atoms with van der Waals surface area (Å²) in [5, 5.41) is 5.55. The Morgan fingerprint density at radius 3 is 2.17 bits per heavy atom. The van der Waals surface area contributed by atoms with Crippen molar-refractivity contribution in [2.24, 2.45) is 0 Å². The Morgan fingerprint density at radius 2 is 1.72 bits per heavy atom. The van der Waals surface area contributed by atoms with Crippen LogP contribution in [0.3, 0.4) is 0 Å². The largest absolute Gasteiger partial charge is 0.384 e. The first kappa shape index (κ1) is 13.2. The van der Waals surface area contributed by atoms with Gasteiger partial charge >= 0.3 is 0 Å². The third kappa shape index (κ3) is 2.33. The van der Waals surface area contributed by atoms with Crippen molar-refractivity contribution >= 4 is 29.0 Å². The molecule has 0 bridgehead atoms. The number of rotatable bonds is 1. The molecule has 0 aliphatic heterocycles. The number of para-hydroxylation sites is 1. The lowest BCUT2D eigenvalue weighted by Gasteiger charge is -2.14. The molecular weight excluding hydrogens is 269 g/mol. The molecule has 1 heterocycles. The van der Waals surface area contributed by atoms with Crippen LogP contribution < -0.4 is 5.73 Å². The lowest BCUT2D eigenvalue weighted by atomic mass is 9.92. The summed E-state index contributed by atoms with van der Waals surface area (Å²) in [7, 11) is 0. The van der Waals surface area contributed by atoms with Crippen molar-refractivity contribution in [3.8, 4) is 5.69 Å². The second-order valence-electron chi connectivity index (χ2n) is 5.19. The van der Waals surface area contributed by atoms with Gasteiger partial charge < -0.3 is 5.73 Å². The van der Waals surface area contributed by atoms with E-state index in [1.54, 1.807) is 22.9 Å². The predicted octanol–water partition coefficient (Wildman–Crippen LogP) is 4.06. The molecule has 0 saturated carbocycles. The van der Waals surface area contributed by atoms with Crippen LogP contribution in [0.2, 0.25) is 10.0 Å². The van der Waals surface area contributed by atoms with Crippen LogP contribution in [0.5, 0.6) is 0 Å². The molecule has 0 aliphatic rings. The molecule has 3 nitrogen and oxygen atoms in total. The van der Waals surface area contributed by atoms with E-state index in [9.17, 15) is 0 Å². The maximum Gasteiger partial charge on any atom is 0.127 e. The van der Waals surface area contributed by atoms with Crippen LogP contribution >= 0.6 is 23.2 Å². The van der Waals surface area contributed by atoms with E-state index < -0.39 is 0 Å². The van der Waals surface area contributed by atoms with Crippen LogP contribution in [0, 0.1) is 0 Å². The fourth-order valence-electron chi connectivity index (χ4n) is 1.63. The van der Waals surface area contributed by atoms with Gasteiger partial charge in [-0.15, -0.1) is 0 Å². The molecular formula is C13H15Cl2N3. The van der Waals surface area contributed by atoms with Crippen molar-refractivity contribution < 1.29 is 0 Å². The van der Waals surface area contributed by atoms with Crippen molar-refractivity contribution in [1.82, 2.24) is 9.78 Å². The summed E-state index contributed by atoms with van der Waals surface area (Å²) < 4.78 is 1.59. The number of halogens is 2. The van der Waals surface area contributed by atoms with Crippen LogP contribution in [0.25, 0.3) is 5.69 Å². The van der Waals surface area contributed by atoms with Gasteiger partial charge in [0.05, 0.1) is 15.7 Å². The van der Waals surface area contributed by atoms with Gasteiger partial charge in [-0.3, -0.25) is 0 Å². The van der Waals surface area contributed by atoms with E-state index in [0.29, 0.717) is 21.6 Å². The van der Waals surface area contributed by atoms with Gasteiger partial charge in [0.25, 0.3) is 0 Å². The number of benzene rings is 1. The van der Waals surface area contributed by atoms with Crippen molar-refractivity contribution in [3.63, 3.8) is 0 Å². The number of hydrogen-bond donors (Lipinski definition) is 1. The van der Waals surface area contributed by atoms with E-state index in [0.717, 1.165) is 5.69 Å². The summed E-state index contributed by atoms with van der Waals surface area (Å²) >= 11 is 12.3. The highest BCUT2D eigenvalue weighted by Gasteiger charge is 2.21. The standard InChI is InChI=1S/C13H15Cl2N3/c1-13(2,3)10-7-11(16)18(17-10)12-8(14)5-4-6-9(12)15/h4-7H,16H2,1-3H3. The van der Waals surface area contributed by atoms with Crippen LogP contribution in [0.15, 0.2) is 24.3 Å². The molecule has 0 fully saturated rings. The van der Waals surface area contributed by atoms with Gasteiger partial charge in [-0.05, 0) is 12.1 Å². The minimum absolute atomic E-state index is 0.0763. The highest BCUT2D eigenvalue weighted by Crippen LogP contribution is 2.31. The topological polar surface area (TPSA) is 43.8 Å². The second-order valence-corrected chi connectivity index (χ2v) is 6.00. The molecule has 0 unspecified atom stereocenters. The van der Waals surface area contributed by atoms with Gasteiger partial charge in [-0.25, -0.2) is 4.68 Å². The van der Waals surface area contributed by atoms with Crippen LogP contribution in [-0.4, -0.2) is 9.78 Å². The molecule has 0 amide bonds. The van der Waals surface area contributed by atoms with Gasteiger partial charge in [-0.1, -0.05) is 50.0 Å². The average molecular weight is 284 g/mol. The first-order valence-electron chi connectivity index (χ1n) is 5.61. The molecule has 5 heteroatoms. The first-order chi connectivity index (χ1) is 8.30. The predicted molar refractivity (Wildman–Crippen MR) is 76.7 cm³/mol. The SMILES string of the molecule is CC(C)(C)c1cc(N)n(-c2c(Cl)cccc2Cl)n1. The number of aromatic nitrogens is 2. The van der Waals surface area contributed by atoms with E-state index in [4.69, 9.17) is 28.9 Å². The Kier molecular flexibility index (Phi) is 3.30. The third-order valence-electron chi connectivity index (χ3n) is 2.65. The molecule has 1 aromatic heterocycles. The molecule has 0 saturated heterocycles. The molecule has 2 aromatic rings. The van der Waals surface area contributed by atoms with Gasteiger partial charge in [0, 0.05) is 11.5 Å². The zero-order valence-corrected chi connectivity index (χ0v) is 12.0. The van der Waals surface area contributed by atoms with Crippen molar-refractivity contribution in [2.45, 2.75) is 26.2 Å². The molecule has 0 aliphatic carbocycles. The molecule has 0 atom stereocenters. The quantitative estimate of drug-likeness (QED) is 0.858.